The van der Waals surface area contributed by atoms with Gasteiger partial charge in [-0.05, 0) is 37.6 Å². The van der Waals surface area contributed by atoms with Crippen molar-refractivity contribution in [2.75, 3.05) is 18.0 Å². The summed E-state index contributed by atoms with van der Waals surface area (Å²) in [4.78, 5) is 28.1. The minimum Gasteiger partial charge on any atom is -0.325 e. The predicted molar refractivity (Wildman–Crippen MR) is 90.4 cm³/mol. The molecule has 130 valence electrons. The van der Waals surface area contributed by atoms with Crippen LogP contribution < -0.4 is 4.90 Å². The largest absolute Gasteiger partial charge is 0.325 e. The zero-order valence-corrected chi connectivity index (χ0v) is 14.0. The number of anilines is 1. The molecule has 1 atom stereocenters. The van der Waals surface area contributed by atoms with Gasteiger partial charge in [0.15, 0.2) is 0 Å². The van der Waals surface area contributed by atoms with E-state index in [4.69, 9.17) is 0 Å². The van der Waals surface area contributed by atoms with Crippen LogP contribution in [-0.4, -0.2) is 35.8 Å². The first-order valence-corrected chi connectivity index (χ1v) is 8.00. The third-order valence-corrected chi connectivity index (χ3v) is 4.36. The highest BCUT2D eigenvalue weighted by Gasteiger charge is 2.34. The highest BCUT2D eigenvalue weighted by molar-refractivity contribution is 6.02. The van der Waals surface area contributed by atoms with E-state index >= 15 is 0 Å². The lowest BCUT2D eigenvalue weighted by Crippen LogP contribution is -2.57. The van der Waals surface area contributed by atoms with Gasteiger partial charge in [0.2, 0.25) is 5.91 Å². The van der Waals surface area contributed by atoms with Gasteiger partial charge in [-0.2, -0.15) is 0 Å². The summed E-state index contributed by atoms with van der Waals surface area (Å²) in [5.74, 6) is -2.41. The smallest absolute Gasteiger partial charge is 0.254 e. The van der Waals surface area contributed by atoms with Gasteiger partial charge in [0.05, 0.1) is 0 Å². The van der Waals surface area contributed by atoms with E-state index in [0.29, 0.717) is 12.6 Å². The first-order chi connectivity index (χ1) is 11.9. The van der Waals surface area contributed by atoms with Gasteiger partial charge in [0.1, 0.15) is 18.2 Å². The quantitative estimate of drug-likeness (QED) is 0.840. The maximum Gasteiger partial charge on any atom is 0.254 e. The van der Waals surface area contributed by atoms with Crippen LogP contribution in [0.3, 0.4) is 0 Å². The Kier molecular flexibility index (Phi) is 4.53. The van der Waals surface area contributed by atoms with Crippen molar-refractivity contribution in [2.24, 2.45) is 0 Å². The third kappa shape index (κ3) is 3.38. The first-order valence-electron chi connectivity index (χ1n) is 8.00. The Morgan fingerprint density at radius 1 is 1.12 bits per heavy atom. The number of rotatable bonds is 2. The fourth-order valence-corrected chi connectivity index (χ4v) is 3.07. The molecule has 1 saturated heterocycles. The number of nitrogens with zero attached hydrogens (tertiary/aromatic N) is 2. The van der Waals surface area contributed by atoms with Crippen LogP contribution in [0.2, 0.25) is 0 Å². The molecule has 0 spiro atoms. The Morgan fingerprint density at radius 3 is 2.40 bits per heavy atom. The third-order valence-electron chi connectivity index (χ3n) is 4.36. The SMILES string of the molecule is Cc1ccccc1N1C[C@H](C)N(C(=O)c2cc(F)cc(F)c2)CC1=O. The number of carbonyl (C=O) groups excluding carboxylic acids is 2. The molecule has 6 heteroatoms. The molecule has 0 bridgehead atoms. The summed E-state index contributed by atoms with van der Waals surface area (Å²) >= 11 is 0. The predicted octanol–water partition coefficient (Wildman–Crippen LogP) is 3.15. The molecule has 0 aromatic heterocycles. The van der Waals surface area contributed by atoms with E-state index < -0.39 is 17.5 Å². The Labute approximate surface area is 144 Å². The molecule has 4 nitrogen and oxygen atoms in total. The van der Waals surface area contributed by atoms with Crippen molar-refractivity contribution >= 4 is 17.5 Å². The van der Waals surface area contributed by atoms with Crippen molar-refractivity contribution in [1.29, 1.82) is 0 Å². The van der Waals surface area contributed by atoms with Gasteiger partial charge in [-0.3, -0.25) is 9.59 Å². The summed E-state index contributed by atoms with van der Waals surface area (Å²) in [5.41, 5.74) is 1.68. The number of hydrogen-bond donors (Lipinski definition) is 0. The minimum atomic E-state index is -0.819. The van der Waals surface area contributed by atoms with Crippen molar-refractivity contribution in [3.8, 4) is 0 Å². The summed E-state index contributed by atoms with van der Waals surface area (Å²) in [6.45, 7) is 3.92. The summed E-state index contributed by atoms with van der Waals surface area (Å²) < 4.78 is 26.7. The van der Waals surface area contributed by atoms with Crippen molar-refractivity contribution in [2.45, 2.75) is 19.9 Å². The average molecular weight is 344 g/mol. The molecule has 0 saturated carbocycles. The lowest BCUT2D eigenvalue weighted by Gasteiger charge is -2.39. The van der Waals surface area contributed by atoms with Gasteiger partial charge in [-0.1, -0.05) is 18.2 Å². The van der Waals surface area contributed by atoms with Crippen LogP contribution in [0, 0.1) is 18.6 Å². The van der Waals surface area contributed by atoms with Crippen LogP contribution in [0.15, 0.2) is 42.5 Å². The van der Waals surface area contributed by atoms with Gasteiger partial charge < -0.3 is 9.80 Å². The van der Waals surface area contributed by atoms with E-state index in [0.717, 1.165) is 23.4 Å². The normalized spacial score (nSPS) is 17.8. The van der Waals surface area contributed by atoms with Gasteiger partial charge in [0.25, 0.3) is 5.91 Å². The second-order valence-electron chi connectivity index (χ2n) is 6.23. The number of carbonyl (C=O) groups is 2. The van der Waals surface area contributed by atoms with Crippen LogP contribution in [0.25, 0.3) is 0 Å². The van der Waals surface area contributed by atoms with E-state index in [1.165, 1.54) is 4.90 Å². The van der Waals surface area contributed by atoms with Crippen LogP contribution >= 0.6 is 0 Å². The molecule has 1 heterocycles. The maximum absolute atomic E-state index is 13.4. The van der Waals surface area contributed by atoms with Crippen LogP contribution in [0.5, 0.6) is 0 Å². The highest BCUT2D eigenvalue weighted by atomic mass is 19.1. The van der Waals surface area contributed by atoms with Gasteiger partial charge in [0, 0.05) is 29.9 Å². The van der Waals surface area contributed by atoms with E-state index in [2.05, 4.69) is 0 Å². The molecule has 0 aliphatic carbocycles. The van der Waals surface area contributed by atoms with E-state index in [1.54, 1.807) is 4.90 Å². The molecule has 1 fully saturated rings. The topological polar surface area (TPSA) is 40.6 Å². The molecule has 0 unspecified atom stereocenters. The molecule has 0 radical (unpaired) electrons. The van der Waals surface area contributed by atoms with Crippen LogP contribution in [-0.2, 0) is 4.79 Å². The lowest BCUT2D eigenvalue weighted by atomic mass is 10.1. The van der Waals surface area contributed by atoms with E-state index in [-0.39, 0.29) is 24.1 Å². The Morgan fingerprint density at radius 2 is 1.76 bits per heavy atom. The highest BCUT2D eigenvalue weighted by Crippen LogP contribution is 2.24. The second-order valence-corrected chi connectivity index (χ2v) is 6.23. The van der Waals surface area contributed by atoms with E-state index in [9.17, 15) is 18.4 Å². The lowest BCUT2D eigenvalue weighted by molar-refractivity contribution is -0.121. The van der Waals surface area contributed by atoms with Gasteiger partial charge >= 0.3 is 0 Å². The Hall–Kier alpha value is -2.76. The maximum atomic E-state index is 13.4. The summed E-state index contributed by atoms with van der Waals surface area (Å²) in [6.07, 6.45) is 0. The summed E-state index contributed by atoms with van der Waals surface area (Å²) in [6, 6.07) is 9.92. The number of hydrogen-bond acceptors (Lipinski definition) is 2. The number of halogens is 2. The molecule has 2 amide bonds. The van der Waals surface area contributed by atoms with Gasteiger partial charge in [-0.15, -0.1) is 0 Å². The summed E-state index contributed by atoms with van der Waals surface area (Å²) in [5, 5.41) is 0. The minimum absolute atomic E-state index is 0.0958. The van der Waals surface area contributed by atoms with Gasteiger partial charge in [-0.25, -0.2) is 8.78 Å². The molecule has 1 aliphatic heterocycles. The van der Waals surface area contributed by atoms with Crippen molar-refractivity contribution < 1.29 is 18.4 Å². The first kappa shape index (κ1) is 17.1. The van der Waals surface area contributed by atoms with Crippen molar-refractivity contribution in [1.82, 2.24) is 4.90 Å². The molecule has 3 rings (SSSR count). The number of piperazine rings is 1. The molecule has 25 heavy (non-hydrogen) atoms. The molecular weight excluding hydrogens is 326 g/mol. The number of para-hydroxylation sites is 1. The number of amides is 2. The fourth-order valence-electron chi connectivity index (χ4n) is 3.07. The molecular formula is C19H18F2N2O2. The fraction of sp³-hybridized carbons (Fsp3) is 0.263. The molecule has 1 aliphatic rings. The summed E-state index contributed by atoms with van der Waals surface area (Å²) in [7, 11) is 0. The Bertz CT molecular complexity index is 818. The number of aryl methyl sites for hydroxylation is 1. The van der Waals surface area contributed by atoms with Crippen LogP contribution in [0.4, 0.5) is 14.5 Å². The van der Waals surface area contributed by atoms with Crippen molar-refractivity contribution in [3.05, 3.63) is 65.2 Å². The standard InChI is InChI=1S/C19H18F2N2O2/c1-12-5-3-4-6-17(12)23-10-13(2)22(11-18(23)24)19(25)14-7-15(20)9-16(21)8-14/h3-9,13H,10-11H2,1-2H3/t13-/m0/s1. The average Bonchev–Trinajstić information content (AvgIpc) is 2.56. The monoisotopic (exact) mass is 344 g/mol. The molecule has 0 N–H and O–H groups in total. The number of benzene rings is 2. The second kappa shape index (κ2) is 6.63. The zero-order valence-electron chi connectivity index (χ0n) is 14.0. The molecule has 2 aromatic rings. The van der Waals surface area contributed by atoms with Crippen LogP contribution in [0.1, 0.15) is 22.8 Å². The van der Waals surface area contributed by atoms with E-state index in [1.807, 2.05) is 38.1 Å². The zero-order chi connectivity index (χ0) is 18.1. The Balaban J connectivity index is 1.84. The van der Waals surface area contributed by atoms with Crippen molar-refractivity contribution in [3.63, 3.8) is 0 Å². The molecule has 2 aromatic carbocycles.